The van der Waals surface area contributed by atoms with Crippen molar-refractivity contribution in [3.63, 3.8) is 0 Å². The summed E-state index contributed by atoms with van der Waals surface area (Å²) >= 11 is 0. The van der Waals surface area contributed by atoms with Crippen molar-refractivity contribution in [1.29, 1.82) is 0 Å². The van der Waals surface area contributed by atoms with E-state index in [0.29, 0.717) is 23.3 Å². The zero-order chi connectivity index (χ0) is 26.6. The molecule has 0 saturated carbocycles. The Labute approximate surface area is 212 Å². The Kier molecular flexibility index (Phi) is 15.1. The Bertz CT molecular complexity index is 967. The van der Waals surface area contributed by atoms with E-state index in [2.05, 4.69) is 6.92 Å². The standard InChI is InChI=1S/C15H22O3.2C7H6O2/c1-2-3-4-5-6-7-12-18-14-10-8-13(9-11-14)15(16)17;2*8-7(9)6-4-2-1-3-5-6/h8-11H,2-7,12H2,1H3,(H,16,17);2*1-5H,(H,8,9). The summed E-state index contributed by atoms with van der Waals surface area (Å²) in [5, 5.41) is 25.5. The van der Waals surface area contributed by atoms with Crippen LogP contribution in [0.3, 0.4) is 0 Å². The Morgan fingerprint density at radius 2 is 0.944 bits per heavy atom. The van der Waals surface area contributed by atoms with Gasteiger partial charge in [0.2, 0.25) is 0 Å². The molecule has 0 atom stereocenters. The first-order valence-corrected chi connectivity index (χ1v) is 11.9. The molecule has 0 spiro atoms. The van der Waals surface area contributed by atoms with Gasteiger partial charge in [0.1, 0.15) is 5.75 Å². The van der Waals surface area contributed by atoms with E-state index in [9.17, 15) is 14.4 Å². The summed E-state index contributed by atoms with van der Waals surface area (Å²) in [5.41, 5.74) is 0.955. The van der Waals surface area contributed by atoms with Crippen LogP contribution >= 0.6 is 0 Å². The van der Waals surface area contributed by atoms with Crippen LogP contribution in [0.15, 0.2) is 84.9 Å². The third-order valence-corrected chi connectivity index (χ3v) is 4.91. The average molecular weight is 495 g/mol. The van der Waals surface area contributed by atoms with Crippen LogP contribution in [0.2, 0.25) is 0 Å². The molecule has 7 heteroatoms. The quantitative estimate of drug-likeness (QED) is 0.248. The van der Waals surface area contributed by atoms with Gasteiger partial charge in [-0.1, -0.05) is 75.4 Å². The molecule has 0 bridgehead atoms. The molecule has 0 aliphatic heterocycles. The summed E-state index contributed by atoms with van der Waals surface area (Å²) in [6.45, 7) is 2.92. The van der Waals surface area contributed by atoms with Gasteiger partial charge in [-0.25, -0.2) is 14.4 Å². The largest absolute Gasteiger partial charge is 0.494 e. The van der Waals surface area contributed by atoms with E-state index in [1.165, 1.54) is 32.1 Å². The van der Waals surface area contributed by atoms with Crippen LogP contribution in [0.4, 0.5) is 0 Å². The summed E-state index contributed by atoms with van der Waals surface area (Å²) in [6.07, 6.45) is 7.43. The summed E-state index contributed by atoms with van der Waals surface area (Å²) in [6, 6.07) is 23.1. The zero-order valence-electron chi connectivity index (χ0n) is 20.5. The summed E-state index contributed by atoms with van der Waals surface area (Å²) in [4.78, 5) is 31.1. The number of hydrogen-bond acceptors (Lipinski definition) is 4. The van der Waals surface area contributed by atoms with Crippen molar-refractivity contribution < 1.29 is 34.4 Å². The predicted molar refractivity (Wildman–Crippen MR) is 139 cm³/mol. The second-order valence-electron chi connectivity index (χ2n) is 7.79. The Hall–Kier alpha value is -4.13. The number of benzene rings is 3. The van der Waals surface area contributed by atoms with E-state index in [4.69, 9.17) is 20.1 Å². The summed E-state index contributed by atoms with van der Waals surface area (Å²) in [5.74, 6) is -1.92. The molecule has 0 aliphatic carbocycles. The van der Waals surface area contributed by atoms with E-state index in [0.717, 1.165) is 12.2 Å². The molecule has 36 heavy (non-hydrogen) atoms. The smallest absolute Gasteiger partial charge is 0.335 e. The van der Waals surface area contributed by atoms with Crippen molar-refractivity contribution in [1.82, 2.24) is 0 Å². The van der Waals surface area contributed by atoms with Crippen LogP contribution < -0.4 is 4.74 Å². The maximum Gasteiger partial charge on any atom is 0.335 e. The molecule has 0 fully saturated rings. The molecule has 3 aromatic carbocycles. The van der Waals surface area contributed by atoms with Gasteiger partial charge in [0, 0.05) is 0 Å². The third kappa shape index (κ3) is 13.5. The normalized spacial score (nSPS) is 9.58. The maximum absolute atomic E-state index is 10.7. The van der Waals surface area contributed by atoms with Crippen LogP contribution in [-0.2, 0) is 0 Å². The molecular formula is C29H34O7. The zero-order valence-corrected chi connectivity index (χ0v) is 20.5. The number of carboxylic acid groups (broad SMARTS) is 3. The fraction of sp³-hybridized carbons (Fsp3) is 0.276. The van der Waals surface area contributed by atoms with Gasteiger partial charge in [-0.15, -0.1) is 0 Å². The van der Waals surface area contributed by atoms with Crippen LogP contribution in [0.5, 0.6) is 5.75 Å². The second kappa shape index (κ2) is 18.2. The van der Waals surface area contributed by atoms with Crippen molar-refractivity contribution in [3.05, 3.63) is 102 Å². The number of carbonyl (C=O) groups is 3. The van der Waals surface area contributed by atoms with Gasteiger partial charge >= 0.3 is 17.9 Å². The summed E-state index contributed by atoms with van der Waals surface area (Å²) in [7, 11) is 0. The van der Waals surface area contributed by atoms with Gasteiger partial charge in [0.05, 0.1) is 23.3 Å². The number of hydrogen-bond donors (Lipinski definition) is 3. The van der Waals surface area contributed by atoms with E-state index >= 15 is 0 Å². The topological polar surface area (TPSA) is 121 Å². The van der Waals surface area contributed by atoms with Gasteiger partial charge in [0.25, 0.3) is 0 Å². The molecule has 3 N–H and O–H groups in total. The minimum absolute atomic E-state index is 0.293. The number of carboxylic acids is 3. The molecule has 0 aliphatic rings. The Balaban J connectivity index is 0.000000300. The van der Waals surface area contributed by atoms with Crippen LogP contribution in [0.1, 0.15) is 76.5 Å². The van der Waals surface area contributed by atoms with Gasteiger partial charge in [-0.3, -0.25) is 0 Å². The first-order valence-electron chi connectivity index (χ1n) is 11.9. The molecular weight excluding hydrogens is 460 g/mol. The molecule has 192 valence electrons. The highest BCUT2D eigenvalue weighted by molar-refractivity contribution is 5.88. The Morgan fingerprint density at radius 1 is 0.556 bits per heavy atom. The van der Waals surface area contributed by atoms with Crippen molar-refractivity contribution >= 4 is 17.9 Å². The van der Waals surface area contributed by atoms with Gasteiger partial charge < -0.3 is 20.1 Å². The van der Waals surface area contributed by atoms with Crippen molar-refractivity contribution in [2.24, 2.45) is 0 Å². The van der Waals surface area contributed by atoms with Crippen molar-refractivity contribution in [2.45, 2.75) is 45.4 Å². The first kappa shape index (κ1) is 29.9. The Morgan fingerprint density at radius 3 is 1.33 bits per heavy atom. The molecule has 0 unspecified atom stereocenters. The highest BCUT2D eigenvalue weighted by atomic mass is 16.5. The van der Waals surface area contributed by atoms with E-state index < -0.39 is 17.9 Å². The molecule has 0 saturated heterocycles. The van der Waals surface area contributed by atoms with Crippen molar-refractivity contribution in [2.75, 3.05) is 6.61 Å². The maximum atomic E-state index is 10.7. The lowest BCUT2D eigenvalue weighted by Gasteiger charge is -2.06. The molecule has 7 nitrogen and oxygen atoms in total. The molecule has 3 aromatic rings. The SMILES string of the molecule is CCCCCCCCOc1ccc(C(=O)O)cc1.O=C(O)c1ccccc1.O=C(O)c1ccccc1. The molecule has 0 heterocycles. The van der Waals surface area contributed by atoms with Crippen LogP contribution in [0, 0.1) is 0 Å². The monoisotopic (exact) mass is 494 g/mol. The lowest BCUT2D eigenvalue weighted by atomic mass is 10.1. The highest BCUT2D eigenvalue weighted by Crippen LogP contribution is 2.13. The third-order valence-electron chi connectivity index (χ3n) is 4.91. The van der Waals surface area contributed by atoms with E-state index in [1.807, 2.05) is 0 Å². The fourth-order valence-electron chi connectivity index (χ4n) is 2.93. The highest BCUT2D eigenvalue weighted by Gasteiger charge is 2.02. The molecule has 0 radical (unpaired) electrons. The predicted octanol–water partition coefficient (Wildman–Crippen LogP) is 6.89. The fourth-order valence-corrected chi connectivity index (χ4v) is 2.93. The van der Waals surface area contributed by atoms with Crippen LogP contribution in [-0.4, -0.2) is 39.8 Å². The lowest BCUT2D eigenvalue weighted by Crippen LogP contribution is -1.99. The number of ether oxygens (including phenoxy) is 1. The van der Waals surface area contributed by atoms with Gasteiger partial charge in [0.15, 0.2) is 0 Å². The average Bonchev–Trinajstić information content (AvgIpc) is 2.90. The molecule has 3 rings (SSSR count). The molecule has 0 aromatic heterocycles. The lowest BCUT2D eigenvalue weighted by molar-refractivity contribution is 0.0686. The van der Waals surface area contributed by atoms with Crippen LogP contribution in [0.25, 0.3) is 0 Å². The molecule has 0 amide bonds. The minimum atomic E-state index is -0.905. The number of unbranched alkanes of at least 4 members (excludes halogenated alkanes) is 5. The second-order valence-corrected chi connectivity index (χ2v) is 7.79. The van der Waals surface area contributed by atoms with E-state index in [-0.39, 0.29) is 0 Å². The van der Waals surface area contributed by atoms with Gasteiger partial charge in [-0.2, -0.15) is 0 Å². The van der Waals surface area contributed by atoms with E-state index in [1.54, 1.807) is 84.9 Å². The number of rotatable bonds is 11. The first-order chi connectivity index (χ1) is 17.3. The minimum Gasteiger partial charge on any atom is -0.494 e. The van der Waals surface area contributed by atoms with Crippen molar-refractivity contribution in [3.8, 4) is 5.75 Å². The summed E-state index contributed by atoms with van der Waals surface area (Å²) < 4.78 is 5.55. The number of aromatic carboxylic acids is 3. The van der Waals surface area contributed by atoms with Gasteiger partial charge in [-0.05, 0) is 55.0 Å².